The fourth-order valence-electron chi connectivity index (χ4n) is 2.80. The van der Waals surface area contributed by atoms with E-state index in [0.717, 1.165) is 25.1 Å². The number of rotatable bonds is 5. The van der Waals surface area contributed by atoms with Crippen molar-refractivity contribution in [2.45, 2.75) is 44.7 Å². The molecule has 114 valence electrons. The van der Waals surface area contributed by atoms with Gasteiger partial charge in [0.1, 0.15) is 4.90 Å². The number of hydrogen-bond donors (Lipinski definition) is 1. The molecule has 5 nitrogen and oxygen atoms in total. The third-order valence-electron chi connectivity index (χ3n) is 3.92. The molecule has 0 saturated carbocycles. The first-order valence-corrected chi connectivity index (χ1v) is 8.76. The van der Waals surface area contributed by atoms with Crippen molar-refractivity contribution in [1.82, 2.24) is 14.2 Å². The van der Waals surface area contributed by atoms with Crippen molar-refractivity contribution >= 4 is 10.0 Å². The van der Waals surface area contributed by atoms with Crippen LogP contribution in [0.25, 0.3) is 0 Å². The Kier molecular flexibility index (Phi) is 4.88. The van der Waals surface area contributed by atoms with E-state index in [4.69, 9.17) is 0 Å². The van der Waals surface area contributed by atoms with Crippen molar-refractivity contribution in [1.29, 1.82) is 0 Å². The lowest BCUT2D eigenvalue weighted by Gasteiger charge is -2.29. The van der Waals surface area contributed by atoms with E-state index in [1.807, 2.05) is 18.5 Å². The molecule has 1 aliphatic heterocycles. The summed E-state index contributed by atoms with van der Waals surface area (Å²) in [4.78, 5) is 0.429. The number of sulfonamides is 1. The van der Waals surface area contributed by atoms with Crippen molar-refractivity contribution in [3.05, 3.63) is 18.0 Å². The predicted molar refractivity (Wildman–Crippen MR) is 80.0 cm³/mol. The maximum Gasteiger partial charge on any atom is 0.244 e. The molecular formula is C14H25N3O2S. The maximum absolute atomic E-state index is 12.7. The first kappa shape index (κ1) is 15.5. The summed E-state index contributed by atoms with van der Waals surface area (Å²) in [5.74, 6) is 0.448. The van der Waals surface area contributed by atoms with Crippen LogP contribution in [0.1, 0.15) is 32.4 Å². The molecule has 0 amide bonds. The van der Waals surface area contributed by atoms with E-state index in [0.29, 0.717) is 30.4 Å². The van der Waals surface area contributed by atoms with Gasteiger partial charge in [-0.15, -0.1) is 0 Å². The second-order valence-corrected chi connectivity index (χ2v) is 7.53. The van der Waals surface area contributed by atoms with Crippen molar-refractivity contribution in [2.24, 2.45) is 5.92 Å². The molecule has 1 N–H and O–H groups in total. The van der Waals surface area contributed by atoms with Crippen LogP contribution in [-0.4, -0.2) is 37.4 Å². The topological polar surface area (TPSA) is 54.3 Å². The van der Waals surface area contributed by atoms with Crippen molar-refractivity contribution in [3.8, 4) is 0 Å². The van der Waals surface area contributed by atoms with Crippen LogP contribution in [0.15, 0.2) is 17.2 Å². The van der Waals surface area contributed by atoms with Crippen LogP contribution >= 0.6 is 0 Å². The summed E-state index contributed by atoms with van der Waals surface area (Å²) in [5.41, 5.74) is 1.01. The summed E-state index contributed by atoms with van der Waals surface area (Å²) >= 11 is 0. The molecule has 0 aromatic carbocycles. The molecule has 1 aromatic heterocycles. The molecule has 1 aromatic rings. The molecule has 1 aliphatic rings. The Balaban J connectivity index is 2.29. The van der Waals surface area contributed by atoms with Crippen LogP contribution in [0, 0.1) is 5.92 Å². The smallest absolute Gasteiger partial charge is 0.244 e. The fourth-order valence-corrected chi connectivity index (χ4v) is 4.47. The van der Waals surface area contributed by atoms with Gasteiger partial charge in [0.2, 0.25) is 10.0 Å². The summed E-state index contributed by atoms with van der Waals surface area (Å²) in [6.45, 7) is 6.89. The van der Waals surface area contributed by atoms with Crippen molar-refractivity contribution in [2.75, 3.05) is 20.1 Å². The average molecular weight is 299 g/mol. The normalized spacial score (nSPS) is 21.2. The number of aryl methyl sites for hydroxylation is 1. The number of aromatic nitrogens is 1. The first-order valence-electron chi connectivity index (χ1n) is 7.32. The quantitative estimate of drug-likeness (QED) is 0.899. The Morgan fingerprint density at radius 1 is 1.45 bits per heavy atom. The molecule has 1 unspecified atom stereocenters. The molecule has 20 heavy (non-hydrogen) atoms. The molecule has 1 saturated heterocycles. The summed E-state index contributed by atoms with van der Waals surface area (Å²) in [6.07, 6.45) is 3.84. The lowest BCUT2D eigenvalue weighted by Crippen LogP contribution is -2.38. The zero-order chi connectivity index (χ0) is 14.8. The third-order valence-corrected chi connectivity index (χ3v) is 5.75. The predicted octanol–water partition coefficient (Wildman–Crippen LogP) is 1.65. The molecule has 0 spiro atoms. The van der Waals surface area contributed by atoms with Gasteiger partial charge >= 0.3 is 0 Å². The Morgan fingerprint density at radius 2 is 2.20 bits per heavy atom. The molecule has 1 atom stereocenters. The Morgan fingerprint density at radius 3 is 2.80 bits per heavy atom. The van der Waals surface area contributed by atoms with E-state index in [-0.39, 0.29) is 0 Å². The Labute approximate surface area is 122 Å². The van der Waals surface area contributed by atoms with Crippen LogP contribution in [0.4, 0.5) is 0 Å². The van der Waals surface area contributed by atoms with Crippen LogP contribution in [0.2, 0.25) is 0 Å². The van der Waals surface area contributed by atoms with Gasteiger partial charge in [-0.2, -0.15) is 4.31 Å². The van der Waals surface area contributed by atoms with Crippen LogP contribution in [0.3, 0.4) is 0 Å². The second kappa shape index (κ2) is 6.28. The monoisotopic (exact) mass is 299 g/mol. The van der Waals surface area contributed by atoms with Gasteiger partial charge in [0.15, 0.2) is 0 Å². The standard InChI is InChI=1S/C14H25N3O2S/c1-4-16-11-14(8-13(16)9-15-3)20(18,19)17-7-5-6-12(2)10-17/h8,11-12,15H,4-7,9-10H2,1-3H3. The minimum atomic E-state index is -3.34. The summed E-state index contributed by atoms with van der Waals surface area (Å²) < 4.78 is 29.1. The van der Waals surface area contributed by atoms with Crippen molar-refractivity contribution in [3.63, 3.8) is 0 Å². The van der Waals surface area contributed by atoms with Gasteiger partial charge in [0.25, 0.3) is 0 Å². The first-order chi connectivity index (χ1) is 9.48. The summed E-state index contributed by atoms with van der Waals surface area (Å²) in [7, 11) is -1.47. The number of hydrogen-bond acceptors (Lipinski definition) is 3. The molecule has 2 heterocycles. The van der Waals surface area contributed by atoms with Gasteiger partial charge in [-0.1, -0.05) is 6.92 Å². The highest BCUT2D eigenvalue weighted by Crippen LogP contribution is 2.24. The van der Waals surface area contributed by atoms with E-state index >= 15 is 0 Å². The van der Waals surface area contributed by atoms with E-state index < -0.39 is 10.0 Å². The summed E-state index contributed by atoms with van der Waals surface area (Å²) in [6, 6.07) is 1.80. The van der Waals surface area contributed by atoms with Gasteiger partial charge in [0, 0.05) is 38.1 Å². The maximum atomic E-state index is 12.7. The highest BCUT2D eigenvalue weighted by atomic mass is 32.2. The molecule has 0 aliphatic carbocycles. The highest BCUT2D eigenvalue weighted by molar-refractivity contribution is 7.89. The number of nitrogens with one attached hydrogen (secondary N) is 1. The third kappa shape index (κ3) is 3.07. The zero-order valence-corrected chi connectivity index (χ0v) is 13.4. The lowest BCUT2D eigenvalue weighted by atomic mass is 10.0. The number of piperidine rings is 1. The van der Waals surface area contributed by atoms with Gasteiger partial charge in [-0.25, -0.2) is 8.42 Å². The van der Waals surface area contributed by atoms with Gasteiger partial charge in [0.05, 0.1) is 0 Å². The van der Waals surface area contributed by atoms with Crippen LogP contribution in [0.5, 0.6) is 0 Å². The van der Waals surface area contributed by atoms with Crippen molar-refractivity contribution < 1.29 is 8.42 Å². The lowest BCUT2D eigenvalue weighted by molar-refractivity contribution is 0.281. The second-order valence-electron chi connectivity index (χ2n) is 5.59. The minimum Gasteiger partial charge on any atom is -0.349 e. The SMILES string of the molecule is CCn1cc(S(=O)(=O)N2CCCC(C)C2)cc1CNC. The van der Waals surface area contributed by atoms with E-state index in [1.54, 1.807) is 16.6 Å². The van der Waals surface area contributed by atoms with E-state index in [9.17, 15) is 8.42 Å². The summed E-state index contributed by atoms with van der Waals surface area (Å²) in [5, 5.41) is 3.08. The fraction of sp³-hybridized carbons (Fsp3) is 0.714. The van der Waals surface area contributed by atoms with Crippen LogP contribution in [-0.2, 0) is 23.1 Å². The van der Waals surface area contributed by atoms with Gasteiger partial charge in [-0.3, -0.25) is 0 Å². The number of nitrogens with zero attached hydrogens (tertiary/aromatic N) is 2. The minimum absolute atomic E-state index is 0.429. The largest absolute Gasteiger partial charge is 0.349 e. The van der Waals surface area contributed by atoms with Gasteiger partial charge in [-0.05, 0) is 38.8 Å². The van der Waals surface area contributed by atoms with Gasteiger partial charge < -0.3 is 9.88 Å². The molecule has 0 radical (unpaired) electrons. The molecule has 6 heteroatoms. The Hall–Kier alpha value is -0.850. The average Bonchev–Trinajstić information content (AvgIpc) is 2.83. The van der Waals surface area contributed by atoms with E-state index in [2.05, 4.69) is 12.2 Å². The highest BCUT2D eigenvalue weighted by Gasteiger charge is 2.29. The molecule has 2 rings (SSSR count). The van der Waals surface area contributed by atoms with Crippen LogP contribution < -0.4 is 5.32 Å². The molecular weight excluding hydrogens is 274 g/mol. The zero-order valence-electron chi connectivity index (χ0n) is 12.6. The molecule has 1 fully saturated rings. The van der Waals surface area contributed by atoms with E-state index in [1.165, 1.54) is 0 Å². The molecule has 0 bridgehead atoms. The Bertz CT molecular complexity index is 551.